The summed E-state index contributed by atoms with van der Waals surface area (Å²) in [7, 11) is 1.90. The molecule has 2 aromatic rings. The Labute approximate surface area is 125 Å². The van der Waals surface area contributed by atoms with E-state index in [1.807, 2.05) is 13.1 Å². The first-order valence-corrected chi connectivity index (χ1v) is 7.36. The van der Waals surface area contributed by atoms with Crippen molar-refractivity contribution in [1.82, 2.24) is 20.1 Å². The van der Waals surface area contributed by atoms with Gasteiger partial charge in [-0.1, -0.05) is 27.5 Å². The zero-order valence-corrected chi connectivity index (χ0v) is 12.9. The van der Waals surface area contributed by atoms with Crippen LogP contribution in [0.5, 0.6) is 0 Å². The van der Waals surface area contributed by atoms with Crippen molar-refractivity contribution in [2.24, 2.45) is 7.05 Å². The topological polar surface area (TPSA) is 42.7 Å². The van der Waals surface area contributed by atoms with Gasteiger partial charge in [-0.15, -0.1) is 0 Å². The first-order chi connectivity index (χ1) is 9.15. The van der Waals surface area contributed by atoms with Gasteiger partial charge in [0.25, 0.3) is 0 Å². The maximum atomic E-state index is 6.13. The van der Waals surface area contributed by atoms with Gasteiger partial charge in [0.1, 0.15) is 12.2 Å². The van der Waals surface area contributed by atoms with Gasteiger partial charge in [0, 0.05) is 22.6 Å². The van der Waals surface area contributed by atoms with E-state index in [-0.39, 0.29) is 0 Å². The minimum Gasteiger partial charge on any atom is -0.303 e. The molecule has 0 amide bonds. The Bertz CT molecular complexity index is 611. The van der Waals surface area contributed by atoms with Crippen LogP contribution >= 0.6 is 27.5 Å². The Morgan fingerprint density at radius 3 is 3.11 bits per heavy atom. The van der Waals surface area contributed by atoms with Crippen molar-refractivity contribution in [1.29, 1.82) is 0 Å². The molecule has 0 bridgehead atoms. The van der Waals surface area contributed by atoms with E-state index in [4.69, 9.17) is 11.6 Å². The molecular weight excluding hydrogens is 328 g/mol. The number of nitrogens with zero attached hydrogens (tertiary/aromatic N) is 3. The molecule has 1 aliphatic rings. The minimum absolute atomic E-state index is 0.335. The largest absolute Gasteiger partial charge is 0.303 e. The van der Waals surface area contributed by atoms with Crippen LogP contribution in [0.25, 0.3) is 0 Å². The van der Waals surface area contributed by atoms with Gasteiger partial charge in [-0.25, -0.2) is 4.98 Å². The Balaban J connectivity index is 1.78. The maximum absolute atomic E-state index is 6.13. The van der Waals surface area contributed by atoms with Crippen molar-refractivity contribution in [3.8, 4) is 0 Å². The summed E-state index contributed by atoms with van der Waals surface area (Å²) in [4.78, 5) is 4.22. The Hall–Kier alpha value is -0.910. The number of aryl methyl sites for hydroxylation is 1. The van der Waals surface area contributed by atoms with Gasteiger partial charge in [0.2, 0.25) is 0 Å². The second kappa shape index (κ2) is 5.23. The zero-order chi connectivity index (χ0) is 13.4. The maximum Gasteiger partial charge on any atom is 0.140 e. The average molecular weight is 342 g/mol. The zero-order valence-electron chi connectivity index (χ0n) is 10.5. The quantitative estimate of drug-likeness (QED) is 0.933. The fourth-order valence-corrected chi connectivity index (χ4v) is 3.58. The highest BCUT2D eigenvalue weighted by molar-refractivity contribution is 9.10. The van der Waals surface area contributed by atoms with Crippen molar-refractivity contribution in [3.05, 3.63) is 44.9 Å². The molecule has 19 heavy (non-hydrogen) atoms. The molecule has 1 unspecified atom stereocenters. The lowest BCUT2D eigenvalue weighted by molar-refractivity contribution is 0.506. The SMILES string of the molecule is Cn1ncnc1CNC1CCc2c(Br)cc(Cl)cc21. The molecule has 1 aromatic heterocycles. The first kappa shape index (κ1) is 13.1. The van der Waals surface area contributed by atoms with Crippen molar-refractivity contribution in [2.75, 3.05) is 0 Å². The molecule has 1 N–H and O–H groups in total. The van der Waals surface area contributed by atoms with E-state index >= 15 is 0 Å². The highest BCUT2D eigenvalue weighted by Crippen LogP contribution is 2.38. The number of hydrogen-bond donors (Lipinski definition) is 1. The van der Waals surface area contributed by atoms with E-state index in [2.05, 4.69) is 37.4 Å². The Morgan fingerprint density at radius 1 is 1.53 bits per heavy atom. The van der Waals surface area contributed by atoms with Crippen molar-refractivity contribution in [3.63, 3.8) is 0 Å². The van der Waals surface area contributed by atoms with E-state index in [0.29, 0.717) is 12.6 Å². The number of aromatic nitrogens is 3. The lowest BCUT2D eigenvalue weighted by Gasteiger charge is -2.14. The van der Waals surface area contributed by atoms with Gasteiger partial charge in [-0.05, 0) is 36.1 Å². The predicted molar refractivity (Wildman–Crippen MR) is 78.1 cm³/mol. The third-order valence-corrected chi connectivity index (χ3v) is 4.49. The van der Waals surface area contributed by atoms with Gasteiger partial charge < -0.3 is 5.32 Å². The highest BCUT2D eigenvalue weighted by atomic mass is 79.9. The fraction of sp³-hybridized carbons (Fsp3) is 0.385. The summed E-state index contributed by atoms with van der Waals surface area (Å²) < 4.78 is 2.90. The normalized spacial score (nSPS) is 17.7. The smallest absolute Gasteiger partial charge is 0.140 e. The molecule has 0 saturated heterocycles. The monoisotopic (exact) mass is 340 g/mol. The van der Waals surface area contributed by atoms with Gasteiger partial charge in [0.05, 0.1) is 6.54 Å². The summed E-state index contributed by atoms with van der Waals surface area (Å²) in [5.41, 5.74) is 2.65. The minimum atomic E-state index is 0.335. The van der Waals surface area contributed by atoms with Crippen LogP contribution in [0.1, 0.15) is 29.4 Å². The van der Waals surface area contributed by atoms with E-state index in [1.54, 1.807) is 11.0 Å². The fourth-order valence-electron chi connectivity index (χ4n) is 2.55. The van der Waals surface area contributed by atoms with E-state index < -0.39 is 0 Å². The van der Waals surface area contributed by atoms with Crippen LogP contribution in [-0.2, 0) is 20.0 Å². The van der Waals surface area contributed by atoms with E-state index in [1.165, 1.54) is 11.1 Å². The van der Waals surface area contributed by atoms with E-state index in [0.717, 1.165) is 28.2 Å². The number of rotatable bonds is 3. The predicted octanol–water partition coefficient (Wildman–Crippen LogP) is 3.01. The number of hydrogen-bond acceptors (Lipinski definition) is 3. The lowest BCUT2D eigenvalue weighted by atomic mass is 10.1. The molecule has 0 spiro atoms. The molecule has 4 nitrogen and oxygen atoms in total. The number of halogens is 2. The third-order valence-electron chi connectivity index (χ3n) is 3.56. The molecule has 3 rings (SSSR count). The molecule has 0 radical (unpaired) electrons. The summed E-state index contributed by atoms with van der Waals surface area (Å²) in [5.74, 6) is 0.939. The number of nitrogens with one attached hydrogen (secondary N) is 1. The van der Waals surface area contributed by atoms with Gasteiger partial charge >= 0.3 is 0 Å². The summed E-state index contributed by atoms with van der Waals surface area (Å²) in [6, 6.07) is 4.36. The molecular formula is C13H14BrClN4. The van der Waals surface area contributed by atoms with Crippen molar-refractivity contribution < 1.29 is 0 Å². The van der Waals surface area contributed by atoms with E-state index in [9.17, 15) is 0 Å². The second-order valence-corrected chi connectivity index (χ2v) is 6.02. The van der Waals surface area contributed by atoms with Crippen LogP contribution in [0, 0.1) is 0 Å². The molecule has 100 valence electrons. The van der Waals surface area contributed by atoms with Crippen LogP contribution in [0.2, 0.25) is 5.02 Å². The van der Waals surface area contributed by atoms with Crippen LogP contribution in [0.4, 0.5) is 0 Å². The molecule has 1 aromatic carbocycles. The molecule has 6 heteroatoms. The number of fused-ring (bicyclic) bond motifs is 1. The molecule has 0 saturated carbocycles. The summed E-state index contributed by atoms with van der Waals surface area (Å²) in [6.07, 6.45) is 3.74. The van der Waals surface area contributed by atoms with Crippen LogP contribution in [0.15, 0.2) is 22.9 Å². The van der Waals surface area contributed by atoms with Gasteiger partial charge in [-0.3, -0.25) is 4.68 Å². The Kier molecular flexibility index (Phi) is 3.60. The standard InChI is InChI=1S/C13H14BrClN4/c1-19-13(17-7-18-19)6-16-12-3-2-9-10(12)4-8(15)5-11(9)14/h4-5,7,12,16H,2-3,6H2,1H3. The van der Waals surface area contributed by atoms with Crippen molar-refractivity contribution in [2.45, 2.75) is 25.4 Å². The lowest BCUT2D eigenvalue weighted by Crippen LogP contribution is -2.21. The molecule has 1 atom stereocenters. The summed E-state index contributed by atoms with van der Waals surface area (Å²) in [6.45, 7) is 0.713. The third kappa shape index (κ3) is 2.55. The Morgan fingerprint density at radius 2 is 2.37 bits per heavy atom. The summed E-state index contributed by atoms with van der Waals surface area (Å²) >= 11 is 9.72. The highest BCUT2D eigenvalue weighted by Gasteiger charge is 2.24. The number of benzene rings is 1. The van der Waals surface area contributed by atoms with Gasteiger partial charge in [0.15, 0.2) is 0 Å². The second-order valence-electron chi connectivity index (χ2n) is 4.73. The average Bonchev–Trinajstić information content (AvgIpc) is 2.93. The molecule has 0 fully saturated rings. The summed E-state index contributed by atoms with van der Waals surface area (Å²) in [5, 5.41) is 8.38. The molecule has 1 aliphatic carbocycles. The van der Waals surface area contributed by atoms with Crippen molar-refractivity contribution >= 4 is 27.5 Å². The van der Waals surface area contributed by atoms with Crippen LogP contribution in [-0.4, -0.2) is 14.8 Å². The van der Waals surface area contributed by atoms with Crippen LogP contribution < -0.4 is 5.32 Å². The van der Waals surface area contributed by atoms with Gasteiger partial charge in [-0.2, -0.15) is 5.10 Å². The first-order valence-electron chi connectivity index (χ1n) is 6.19. The molecule has 1 heterocycles. The van der Waals surface area contributed by atoms with Crippen LogP contribution in [0.3, 0.4) is 0 Å². The molecule has 0 aliphatic heterocycles.